The minimum absolute atomic E-state index is 0.447. The summed E-state index contributed by atoms with van der Waals surface area (Å²) in [7, 11) is 5.66. The molecule has 1 aromatic carbocycles. The molecule has 0 bridgehead atoms. The van der Waals surface area contributed by atoms with E-state index in [-0.39, 0.29) is 0 Å². The molecule has 1 aliphatic heterocycles. The van der Waals surface area contributed by atoms with Gasteiger partial charge in [0.25, 0.3) is 0 Å². The van der Waals surface area contributed by atoms with Gasteiger partial charge in [-0.3, -0.25) is 0 Å². The van der Waals surface area contributed by atoms with Crippen LogP contribution in [0.25, 0.3) is 0 Å². The Morgan fingerprint density at radius 3 is 2.84 bits per heavy atom. The second kappa shape index (κ2) is 7.70. The molecule has 6 heteroatoms. The standard InChI is InChI=1S/C19H27N5O/c1-14-11-16(22-19(21-14)23(2)3)12-20-15-9-10-24(13-15)17-7-5-6-8-18(17)25-4/h5-8,11,15,20H,9-10,12-13H2,1-4H3/t15-/m0/s1. The summed E-state index contributed by atoms with van der Waals surface area (Å²) >= 11 is 0. The Bertz CT molecular complexity index is 719. The van der Waals surface area contributed by atoms with Gasteiger partial charge in [0.15, 0.2) is 0 Å². The Hall–Kier alpha value is -2.34. The molecule has 1 N–H and O–H groups in total. The number of rotatable bonds is 6. The van der Waals surface area contributed by atoms with Crippen LogP contribution < -0.4 is 19.9 Å². The first kappa shape index (κ1) is 17.5. The number of nitrogens with zero attached hydrogens (tertiary/aromatic N) is 4. The largest absolute Gasteiger partial charge is 0.495 e. The maximum Gasteiger partial charge on any atom is 0.225 e. The Morgan fingerprint density at radius 2 is 2.08 bits per heavy atom. The third-order valence-corrected chi connectivity index (χ3v) is 4.48. The van der Waals surface area contributed by atoms with Crippen molar-refractivity contribution in [2.24, 2.45) is 0 Å². The van der Waals surface area contributed by atoms with Crippen LogP contribution in [0, 0.1) is 6.92 Å². The van der Waals surface area contributed by atoms with E-state index in [1.54, 1.807) is 7.11 Å². The van der Waals surface area contributed by atoms with Crippen LogP contribution in [0.15, 0.2) is 30.3 Å². The average molecular weight is 341 g/mol. The van der Waals surface area contributed by atoms with Gasteiger partial charge in [0.2, 0.25) is 5.95 Å². The molecule has 1 aliphatic rings. The number of hydrogen-bond donors (Lipinski definition) is 1. The number of hydrogen-bond acceptors (Lipinski definition) is 6. The molecule has 1 atom stereocenters. The Labute approximate surface area is 149 Å². The number of aryl methyl sites for hydroxylation is 1. The van der Waals surface area contributed by atoms with Gasteiger partial charge in [0.1, 0.15) is 5.75 Å². The summed E-state index contributed by atoms with van der Waals surface area (Å²) in [5.74, 6) is 1.70. The molecule has 1 fully saturated rings. The van der Waals surface area contributed by atoms with Gasteiger partial charge in [0.05, 0.1) is 18.5 Å². The number of aromatic nitrogens is 2. The Balaban J connectivity index is 1.61. The third kappa shape index (κ3) is 4.20. The quantitative estimate of drug-likeness (QED) is 0.870. The highest BCUT2D eigenvalue weighted by atomic mass is 16.5. The van der Waals surface area contributed by atoms with E-state index in [4.69, 9.17) is 4.74 Å². The lowest BCUT2D eigenvalue weighted by Crippen LogP contribution is -2.32. The van der Waals surface area contributed by atoms with Crippen molar-refractivity contribution < 1.29 is 4.74 Å². The first-order valence-corrected chi connectivity index (χ1v) is 8.70. The molecule has 1 saturated heterocycles. The molecule has 1 aromatic heterocycles. The van der Waals surface area contributed by atoms with E-state index in [9.17, 15) is 0 Å². The van der Waals surface area contributed by atoms with Crippen LogP contribution in [0.5, 0.6) is 5.75 Å². The maximum atomic E-state index is 5.49. The molecule has 3 rings (SSSR count). The van der Waals surface area contributed by atoms with Gasteiger partial charge in [-0.05, 0) is 31.5 Å². The van der Waals surface area contributed by atoms with Crippen molar-refractivity contribution in [3.63, 3.8) is 0 Å². The van der Waals surface area contributed by atoms with Crippen LogP contribution in [0.3, 0.4) is 0 Å². The van der Waals surface area contributed by atoms with Crippen molar-refractivity contribution in [3.8, 4) is 5.75 Å². The van der Waals surface area contributed by atoms with E-state index in [2.05, 4.69) is 32.3 Å². The summed E-state index contributed by atoms with van der Waals surface area (Å²) in [5.41, 5.74) is 3.20. The lowest BCUT2D eigenvalue weighted by atomic mass is 10.2. The predicted molar refractivity (Wildman–Crippen MR) is 102 cm³/mol. The van der Waals surface area contributed by atoms with Gasteiger partial charge in [-0.15, -0.1) is 0 Å². The van der Waals surface area contributed by atoms with Gasteiger partial charge in [-0.2, -0.15) is 0 Å². The van der Waals surface area contributed by atoms with E-state index in [0.717, 1.165) is 49.1 Å². The zero-order chi connectivity index (χ0) is 17.8. The van der Waals surface area contributed by atoms with Crippen LogP contribution in [-0.2, 0) is 6.54 Å². The van der Waals surface area contributed by atoms with E-state index in [1.807, 2.05) is 44.1 Å². The summed E-state index contributed by atoms with van der Waals surface area (Å²) < 4.78 is 5.49. The molecular formula is C19H27N5O. The molecule has 0 aliphatic carbocycles. The van der Waals surface area contributed by atoms with E-state index in [0.29, 0.717) is 6.04 Å². The van der Waals surface area contributed by atoms with Crippen molar-refractivity contribution >= 4 is 11.6 Å². The van der Waals surface area contributed by atoms with Crippen LogP contribution in [-0.4, -0.2) is 50.3 Å². The van der Waals surface area contributed by atoms with E-state index >= 15 is 0 Å². The molecule has 6 nitrogen and oxygen atoms in total. The minimum Gasteiger partial charge on any atom is -0.495 e. The minimum atomic E-state index is 0.447. The predicted octanol–water partition coefficient (Wildman–Crippen LogP) is 2.23. The summed E-state index contributed by atoms with van der Waals surface area (Å²) in [6, 6.07) is 10.7. The number of methoxy groups -OCH3 is 1. The maximum absolute atomic E-state index is 5.49. The van der Waals surface area contributed by atoms with Gasteiger partial charge in [-0.1, -0.05) is 12.1 Å². The van der Waals surface area contributed by atoms with Crippen molar-refractivity contribution in [1.82, 2.24) is 15.3 Å². The van der Waals surface area contributed by atoms with E-state index < -0.39 is 0 Å². The number of ether oxygens (including phenoxy) is 1. The monoisotopic (exact) mass is 341 g/mol. The second-order valence-electron chi connectivity index (χ2n) is 6.68. The van der Waals surface area contributed by atoms with Gasteiger partial charge < -0.3 is 19.9 Å². The Kier molecular flexibility index (Phi) is 5.38. The summed E-state index contributed by atoms with van der Waals surface area (Å²) in [5, 5.41) is 3.64. The molecule has 0 amide bonds. The topological polar surface area (TPSA) is 53.5 Å². The molecule has 25 heavy (non-hydrogen) atoms. The Morgan fingerprint density at radius 1 is 1.28 bits per heavy atom. The first-order valence-electron chi connectivity index (χ1n) is 8.70. The third-order valence-electron chi connectivity index (χ3n) is 4.48. The van der Waals surface area contributed by atoms with Crippen molar-refractivity contribution in [1.29, 1.82) is 0 Å². The van der Waals surface area contributed by atoms with Crippen LogP contribution in [0.1, 0.15) is 17.8 Å². The van der Waals surface area contributed by atoms with Gasteiger partial charge >= 0.3 is 0 Å². The van der Waals surface area contributed by atoms with Crippen molar-refractivity contribution in [2.45, 2.75) is 25.9 Å². The highest BCUT2D eigenvalue weighted by Gasteiger charge is 2.24. The summed E-state index contributed by atoms with van der Waals surface area (Å²) in [6.45, 7) is 4.78. The van der Waals surface area contributed by atoms with E-state index in [1.165, 1.54) is 5.69 Å². The fourth-order valence-corrected chi connectivity index (χ4v) is 3.19. The van der Waals surface area contributed by atoms with Gasteiger partial charge in [0, 0.05) is 45.5 Å². The fourth-order valence-electron chi connectivity index (χ4n) is 3.19. The molecule has 2 aromatic rings. The van der Waals surface area contributed by atoms with Crippen LogP contribution in [0.4, 0.5) is 11.6 Å². The summed E-state index contributed by atoms with van der Waals surface area (Å²) in [4.78, 5) is 13.4. The van der Waals surface area contributed by atoms with Crippen LogP contribution >= 0.6 is 0 Å². The van der Waals surface area contributed by atoms with Gasteiger partial charge in [-0.25, -0.2) is 9.97 Å². The average Bonchev–Trinajstić information content (AvgIpc) is 3.08. The smallest absolute Gasteiger partial charge is 0.225 e. The molecule has 0 spiro atoms. The normalized spacial score (nSPS) is 17.0. The highest BCUT2D eigenvalue weighted by molar-refractivity contribution is 5.59. The van der Waals surface area contributed by atoms with Crippen molar-refractivity contribution in [3.05, 3.63) is 41.7 Å². The number of nitrogens with one attached hydrogen (secondary N) is 1. The lowest BCUT2D eigenvalue weighted by Gasteiger charge is -2.21. The highest BCUT2D eigenvalue weighted by Crippen LogP contribution is 2.30. The zero-order valence-corrected chi connectivity index (χ0v) is 15.5. The number of benzene rings is 1. The van der Waals surface area contributed by atoms with Crippen molar-refractivity contribution in [2.75, 3.05) is 44.1 Å². The molecular weight excluding hydrogens is 314 g/mol. The fraction of sp³-hybridized carbons (Fsp3) is 0.474. The summed E-state index contributed by atoms with van der Waals surface area (Å²) in [6.07, 6.45) is 1.11. The number of anilines is 2. The molecule has 0 saturated carbocycles. The molecule has 0 radical (unpaired) electrons. The zero-order valence-electron chi connectivity index (χ0n) is 15.5. The number of para-hydroxylation sites is 2. The second-order valence-corrected chi connectivity index (χ2v) is 6.68. The molecule has 0 unspecified atom stereocenters. The molecule has 2 heterocycles. The van der Waals surface area contributed by atoms with Crippen LogP contribution in [0.2, 0.25) is 0 Å². The molecule has 134 valence electrons. The first-order chi connectivity index (χ1) is 12.1. The SMILES string of the molecule is COc1ccccc1N1CC[C@H](NCc2cc(C)nc(N(C)C)n2)C1. The lowest BCUT2D eigenvalue weighted by molar-refractivity contribution is 0.414.